The summed E-state index contributed by atoms with van der Waals surface area (Å²) < 4.78 is 7.91. The van der Waals surface area contributed by atoms with Gasteiger partial charge in [-0.15, -0.1) is 0 Å². The topological polar surface area (TPSA) is 59.4 Å². The fraction of sp³-hybridized carbons (Fsp3) is 0.750. The van der Waals surface area contributed by atoms with Gasteiger partial charge in [0, 0.05) is 52.1 Å². The van der Waals surface area contributed by atoms with Crippen LogP contribution in [0, 0.1) is 5.92 Å². The van der Waals surface area contributed by atoms with Gasteiger partial charge in [-0.05, 0) is 32.1 Å². The molecule has 0 spiro atoms. The maximum atomic E-state index is 12.2. The number of aromatic nitrogens is 2. The molecule has 22 heavy (non-hydrogen) atoms. The predicted molar refractivity (Wildman–Crippen MR) is 83.7 cm³/mol. The maximum Gasteiger partial charge on any atom is 0.317 e. The molecule has 2 aliphatic rings. The van der Waals surface area contributed by atoms with Crippen LogP contribution in [-0.2, 0) is 17.7 Å². The average molecular weight is 306 g/mol. The van der Waals surface area contributed by atoms with Gasteiger partial charge in [-0.25, -0.2) is 9.78 Å². The molecule has 6 nitrogen and oxygen atoms in total. The summed E-state index contributed by atoms with van der Waals surface area (Å²) in [6.07, 6.45) is 8.03. The van der Waals surface area contributed by atoms with Gasteiger partial charge in [-0.3, -0.25) is 0 Å². The molecular formula is C16H26N4O2. The van der Waals surface area contributed by atoms with Crippen LogP contribution < -0.4 is 5.32 Å². The zero-order chi connectivity index (χ0) is 15.6. The van der Waals surface area contributed by atoms with Gasteiger partial charge in [0.05, 0.1) is 5.60 Å². The molecule has 2 amide bonds. The van der Waals surface area contributed by atoms with Gasteiger partial charge in [0.1, 0.15) is 5.82 Å². The zero-order valence-electron chi connectivity index (χ0n) is 13.5. The number of carbonyl (C=O) groups excluding carboxylic acids is 1. The minimum atomic E-state index is -0.188. The fourth-order valence-corrected chi connectivity index (χ4v) is 3.42. The minimum absolute atomic E-state index is 0.00867. The lowest BCUT2D eigenvalue weighted by atomic mass is 9.97. The number of fused-ring (bicyclic) bond motifs is 1. The number of amides is 2. The van der Waals surface area contributed by atoms with E-state index in [0.29, 0.717) is 12.5 Å². The number of rotatable bonds is 4. The molecule has 122 valence electrons. The van der Waals surface area contributed by atoms with Gasteiger partial charge >= 0.3 is 6.03 Å². The first kappa shape index (κ1) is 15.3. The van der Waals surface area contributed by atoms with Crippen molar-refractivity contribution in [3.63, 3.8) is 0 Å². The highest BCUT2D eigenvalue weighted by atomic mass is 16.5. The Balaban J connectivity index is 1.45. The quantitative estimate of drug-likeness (QED) is 0.920. The highest BCUT2D eigenvalue weighted by molar-refractivity contribution is 5.73. The van der Waals surface area contributed by atoms with E-state index in [1.54, 1.807) is 4.90 Å². The van der Waals surface area contributed by atoms with E-state index in [0.717, 1.165) is 51.2 Å². The number of nitrogens with one attached hydrogen (secondary N) is 1. The van der Waals surface area contributed by atoms with Gasteiger partial charge in [0.15, 0.2) is 0 Å². The standard InChI is InChI=1S/C16H26N4O2/c1-16(5-3-9-22-16)12-18-15(21)19(2)11-13-4-7-20-8-6-17-14(20)10-13/h6,8,13H,3-5,7,9-12H2,1-2H3,(H,18,21). The lowest BCUT2D eigenvalue weighted by molar-refractivity contribution is 0.0220. The van der Waals surface area contributed by atoms with Gasteiger partial charge in [0.2, 0.25) is 0 Å². The summed E-state index contributed by atoms with van der Waals surface area (Å²) >= 11 is 0. The second-order valence-electron chi connectivity index (χ2n) is 6.84. The average Bonchev–Trinajstić information content (AvgIpc) is 3.13. The molecule has 2 unspecified atom stereocenters. The molecule has 1 aromatic rings. The number of hydrogen-bond acceptors (Lipinski definition) is 3. The number of nitrogens with zero attached hydrogens (tertiary/aromatic N) is 3. The van der Waals surface area contributed by atoms with Crippen molar-refractivity contribution in [2.75, 3.05) is 26.7 Å². The highest BCUT2D eigenvalue weighted by Gasteiger charge is 2.30. The molecule has 2 aliphatic heterocycles. The monoisotopic (exact) mass is 306 g/mol. The van der Waals surface area contributed by atoms with E-state index < -0.39 is 0 Å². The van der Waals surface area contributed by atoms with Crippen LogP contribution in [0.5, 0.6) is 0 Å². The molecule has 2 atom stereocenters. The third kappa shape index (κ3) is 3.43. The molecule has 1 N–H and O–H groups in total. The molecule has 3 rings (SSSR count). The Morgan fingerprint density at radius 3 is 3.27 bits per heavy atom. The van der Waals surface area contributed by atoms with Crippen molar-refractivity contribution < 1.29 is 9.53 Å². The smallest absolute Gasteiger partial charge is 0.317 e. The third-order valence-corrected chi connectivity index (χ3v) is 4.84. The molecule has 1 saturated heterocycles. The number of imidazole rings is 1. The van der Waals surface area contributed by atoms with Crippen LogP contribution in [0.25, 0.3) is 0 Å². The fourth-order valence-electron chi connectivity index (χ4n) is 3.42. The first-order chi connectivity index (χ1) is 10.6. The molecule has 1 aromatic heterocycles. The molecule has 0 saturated carbocycles. The number of urea groups is 1. The molecule has 0 aromatic carbocycles. The van der Waals surface area contributed by atoms with Crippen LogP contribution >= 0.6 is 0 Å². The van der Waals surface area contributed by atoms with E-state index in [9.17, 15) is 4.79 Å². The normalized spacial score (nSPS) is 27.5. The maximum absolute atomic E-state index is 12.2. The van der Waals surface area contributed by atoms with E-state index in [-0.39, 0.29) is 11.6 Å². The van der Waals surface area contributed by atoms with Crippen LogP contribution in [0.15, 0.2) is 12.4 Å². The molecule has 0 radical (unpaired) electrons. The summed E-state index contributed by atoms with van der Waals surface area (Å²) in [6.45, 7) is 5.24. The zero-order valence-corrected chi connectivity index (χ0v) is 13.5. The van der Waals surface area contributed by atoms with Gasteiger partial charge in [0.25, 0.3) is 0 Å². The summed E-state index contributed by atoms with van der Waals surface area (Å²) in [5, 5.41) is 3.01. The summed E-state index contributed by atoms with van der Waals surface area (Å²) in [7, 11) is 1.87. The summed E-state index contributed by atoms with van der Waals surface area (Å²) in [6, 6.07) is -0.00867. The van der Waals surface area contributed by atoms with E-state index in [1.165, 1.54) is 0 Å². The Hall–Kier alpha value is -1.56. The molecule has 3 heterocycles. The lowest BCUT2D eigenvalue weighted by Gasteiger charge is -2.29. The second-order valence-corrected chi connectivity index (χ2v) is 6.84. The Labute approximate surface area is 131 Å². The lowest BCUT2D eigenvalue weighted by Crippen LogP contribution is -2.46. The Morgan fingerprint density at radius 2 is 2.50 bits per heavy atom. The minimum Gasteiger partial charge on any atom is -0.373 e. The molecule has 1 fully saturated rings. The summed E-state index contributed by atoms with van der Waals surface area (Å²) in [4.78, 5) is 18.4. The van der Waals surface area contributed by atoms with Crippen LogP contribution in [0.3, 0.4) is 0 Å². The van der Waals surface area contributed by atoms with E-state index in [4.69, 9.17) is 4.74 Å². The number of aryl methyl sites for hydroxylation is 1. The Kier molecular flexibility index (Phi) is 4.38. The predicted octanol–water partition coefficient (Wildman–Crippen LogP) is 1.66. The first-order valence-electron chi connectivity index (χ1n) is 8.19. The molecular weight excluding hydrogens is 280 g/mol. The second kappa shape index (κ2) is 6.28. The molecule has 6 heteroatoms. The van der Waals surface area contributed by atoms with Crippen LogP contribution in [-0.4, -0.2) is 52.8 Å². The molecule has 0 bridgehead atoms. The van der Waals surface area contributed by atoms with Crippen LogP contribution in [0.1, 0.15) is 32.0 Å². The number of ether oxygens (including phenoxy) is 1. The van der Waals surface area contributed by atoms with Crippen molar-refractivity contribution >= 4 is 6.03 Å². The third-order valence-electron chi connectivity index (χ3n) is 4.84. The largest absolute Gasteiger partial charge is 0.373 e. The van der Waals surface area contributed by atoms with E-state index in [2.05, 4.69) is 21.8 Å². The van der Waals surface area contributed by atoms with Gasteiger partial charge < -0.3 is 19.5 Å². The van der Waals surface area contributed by atoms with Gasteiger partial charge in [-0.2, -0.15) is 0 Å². The first-order valence-corrected chi connectivity index (χ1v) is 8.19. The Bertz CT molecular complexity index is 522. The molecule has 0 aliphatic carbocycles. The van der Waals surface area contributed by atoms with Gasteiger partial charge in [-0.1, -0.05) is 0 Å². The number of carbonyl (C=O) groups is 1. The Morgan fingerprint density at radius 1 is 1.64 bits per heavy atom. The van der Waals surface area contributed by atoms with Crippen LogP contribution in [0.2, 0.25) is 0 Å². The van der Waals surface area contributed by atoms with Crippen molar-refractivity contribution in [1.29, 1.82) is 0 Å². The van der Waals surface area contributed by atoms with Crippen molar-refractivity contribution in [2.24, 2.45) is 5.92 Å². The van der Waals surface area contributed by atoms with Crippen molar-refractivity contribution in [3.05, 3.63) is 18.2 Å². The van der Waals surface area contributed by atoms with Crippen molar-refractivity contribution in [3.8, 4) is 0 Å². The van der Waals surface area contributed by atoms with E-state index in [1.807, 2.05) is 19.4 Å². The SMILES string of the molecule is CN(CC1CCn2ccnc2C1)C(=O)NCC1(C)CCCO1. The number of hydrogen-bond donors (Lipinski definition) is 1. The highest BCUT2D eigenvalue weighted by Crippen LogP contribution is 2.24. The summed E-state index contributed by atoms with van der Waals surface area (Å²) in [5.74, 6) is 1.63. The van der Waals surface area contributed by atoms with Crippen LogP contribution in [0.4, 0.5) is 4.79 Å². The van der Waals surface area contributed by atoms with E-state index >= 15 is 0 Å². The summed E-state index contributed by atoms with van der Waals surface area (Å²) in [5.41, 5.74) is -0.188. The van der Waals surface area contributed by atoms with Crippen molar-refractivity contribution in [1.82, 2.24) is 19.8 Å². The van der Waals surface area contributed by atoms with Crippen molar-refractivity contribution in [2.45, 2.75) is 44.8 Å².